The fourth-order valence-electron chi connectivity index (χ4n) is 3.67. The van der Waals surface area contributed by atoms with Crippen molar-refractivity contribution in [2.75, 3.05) is 24.3 Å². The number of benzene rings is 3. The van der Waals surface area contributed by atoms with E-state index in [1.165, 1.54) is 11.3 Å². The van der Waals surface area contributed by atoms with Crippen LogP contribution in [0.5, 0.6) is 0 Å². The molecule has 0 saturated heterocycles. The SMILES string of the molecule is CN(C)c1ccc(-c2[nH]c(-c3cccc4ccccc34)nc2C(=O)Nc2nccs2)cc1. The Balaban J connectivity index is 1.64. The molecule has 5 aromatic rings. The van der Waals surface area contributed by atoms with E-state index in [0.717, 1.165) is 27.6 Å². The second-order valence-electron chi connectivity index (χ2n) is 7.57. The third-order valence-electron chi connectivity index (χ3n) is 5.29. The van der Waals surface area contributed by atoms with Crippen molar-refractivity contribution in [3.8, 4) is 22.6 Å². The Labute approximate surface area is 189 Å². The number of nitrogens with one attached hydrogen (secondary N) is 2. The highest BCUT2D eigenvalue weighted by molar-refractivity contribution is 7.13. The fraction of sp³-hybridized carbons (Fsp3) is 0.0800. The lowest BCUT2D eigenvalue weighted by atomic mass is 10.0. The Morgan fingerprint density at radius 2 is 1.78 bits per heavy atom. The van der Waals surface area contributed by atoms with E-state index >= 15 is 0 Å². The first-order chi connectivity index (χ1) is 15.6. The molecule has 5 rings (SSSR count). The Hall–Kier alpha value is -3.97. The highest BCUT2D eigenvalue weighted by atomic mass is 32.1. The molecule has 0 fully saturated rings. The molecular formula is C25H21N5OS. The number of H-pyrrole nitrogens is 1. The number of amides is 1. The van der Waals surface area contributed by atoms with Gasteiger partial charge in [0.05, 0.1) is 5.69 Å². The molecule has 0 unspecified atom stereocenters. The maximum absolute atomic E-state index is 13.2. The van der Waals surface area contributed by atoms with Crippen molar-refractivity contribution in [2.45, 2.75) is 0 Å². The van der Waals surface area contributed by atoms with Gasteiger partial charge in [0.25, 0.3) is 5.91 Å². The van der Waals surface area contributed by atoms with Crippen LogP contribution in [-0.4, -0.2) is 35.0 Å². The first kappa shape index (κ1) is 20.0. The van der Waals surface area contributed by atoms with Gasteiger partial charge in [-0.05, 0) is 22.9 Å². The van der Waals surface area contributed by atoms with Gasteiger partial charge in [-0.3, -0.25) is 10.1 Å². The highest BCUT2D eigenvalue weighted by Gasteiger charge is 2.21. The fourth-order valence-corrected chi connectivity index (χ4v) is 4.20. The van der Waals surface area contributed by atoms with Crippen molar-refractivity contribution in [1.29, 1.82) is 0 Å². The predicted molar refractivity (Wildman–Crippen MR) is 131 cm³/mol. The van der Waals surface area contributed by atoms with Crippen LogP contribution in [0.2, 0.25) is 0 Å². The van der Waals surface area contributed by atoms with Crippen LogP contribution in [0.4, 0.5) is 10.8 Å². The van der Waals surface area contributed by atoms with E-state index in [1.54, 1.807) is 6.20 Å². The normalized spacial score (nSPS) is 10.9. The minimum atomic E-state index is -0.297. The summed E-state index contributed by atoms with van der Waals surface area (Å²) in [5, 5.41) is 7.41. The van der Waals surface area contributed by atoms with E-state index in [2.05, 4.69) is 33.5 Å². The number of nitrogens with zero attached hydrogens (tertiary/aromatic N) is 3. The third-order valence-corrected chi connectivity index (χ3v) is 5.98. The summed E-state index contributed by atoms with van der Waals surface area (Å²) >= 11 is 1.37. The lowest BCUT2D eigenvalue weighted by Crippen LogP contribution is -2.13. The first-order valence-corrected chi connectivity index (χ1v) is 11.0. The van der Waals surface area contributed by atoms with E-state index in [9.17, 15) is 4.79 Å². The van der Waals surface area contributed by atoms with Crippen molar-refractivity contribution < 1.29 is 4.79 Å². The number of anilines is 2. The summed E-state index contributed by atoms with van der Waals surface area (Å²) in [5.41, 5.74) is 3.92. The first-order valence-electron chi connectivity index (χ1n) is 10.2. The second kappa shape index (κ2) is 8.28. The van der Waals surface area contributed by atoms with Crippen LogP contribution >= 0.6 is 11.3 Å². The van der Waals surface area contributed by atoms with E-state index in [-0.39, 0.29) is 5.91 Å². The molecule has 0 radical (unpaired) electrons. The number of imidazole rings is 1. The Morgan fingerprint density at radius 1 is 1.00 bits per heavy atom. The molecule has 0 spiro atoms. The van der Waals surface area contributed by atoms with Crippen molar-refractivity contribution in [1.82, 2.24) is 15.0 Å². The van der Waals surface area contributed by atoms with Gasteiger partial charge in [-0.1, -0.05) is 54.6 Å². The van der Waals surface area contributed by atoms with Crippen molar-refractivity contribution >= 4 is 38.8 Å². The number of fused-ring (bicyclic) bond motifs is 1. The zero-order valence-electron chi connectivity index (χ0n) is 17.7. The molecule has 1 amide bonds. The maximum Gasteiger partial charge on any atom is 0.278 e. The standard InChI is InChI=1S/C25H21N5OS/c1-30(2)18-12-10-17(11-13-18)21-22(24(31)29-25-26-14-15-32-25)28-23(27-21)20-9-5-7-16-6-3-4-8-19(16)20/h3-15H,1-2H3,(H,27,28)(H,26,29,31). The lowest BCUT2D eigenvalue weighted by Gasteiger charge is -2.12. The second-order valence-corrected chi connectivity index (χ2v) is 8.46. The molecule has 2 heterocycles. The highest BCUT2D eigenvalue weighted by Crippen LogP contribution is 2.32. The monoisotopic (exact) mass is 439 g/mol. The summed E-state index contributed by atoms with van der Waals surface area (Å²) in [4.78, 5) is 27.5. The van der Waals surface area contributed by atoms with E-state index in [4.69, 9.17) is 4.98 Å². The predicted octanol–water partition coefficient (Wildman–Crippen LogP) is 5.67. The van der Waals surface area contributed by atoms with E-state index in [0.29, 0.717) is 22.3 Å². The number of rotatable bonds is 5. The number of carbonyl (C=O) groups is 1. The molecule has 0 aliphatic rings. The van der Waals surface area contributed by atoms with Crippen molar-refractivity contribution in [3.05, 3.63) is 84.0 Å². The van der Waals surface area contributed by atoms with E-state index < -0.39 is 0 Å². The molecule has 2 aromatic heterocycles. The third kappa shape index (κ3) is 3.74. The van der Waals surface area contributed by atoms with Crippen LogP contribution in [0.25, 0.3) is 33.4 Å². The number of hydrogen-bond acceptors (Lipinski definition) is 5. The number of carbonyl (C=O) groups excluding carboxylic acids is 1. The number of aromatic nitrogens is 3. The molecule has 2 N–H and O–H groups in total. The average Bonchev–Trinajstić information content (AvgIpc) is 3.49. The van der Waals surface area contributed by atoms with Gasteiger partial charge in [0.2, 0.25) is 0 Å². The number of aromatic amines is 1. The molecule has 0 atom stereocenters. The van der Waals surface area contributed by atoms with Crippen LogP contribution in [-0.2, 0) is 0 Å². The quantitative estimate of drug-likeness (QED) is 0.370. The summed E-state index contributed by atoms with van der Waals surface area (Å²) in [6, 6.07) is 22.3. The van der Waals surface area contributed by atoms with Gasteiger partial charge >= 0.3 is 0 Å². The summed E-state index contributed by atoms with van der Waals surface area (Å²) in [6.45, 7) is 0. The Morgan fingerprint density at radius 3 is 2.53 bits per heavy atom. The smallest absolute Gasteiger partial charge is 0.278 e. The molecule has 6 nitrogen and oxygen atoms in total. The topological polar surface area (TPSA) is 73.9 Å². The molecule has 0 aliphatic heterocycles. The van der Waals surface area contributed by atoms with Crippen LogP contribution in [0.15, 0.2) is 78.3 Å². The summed E-state index contributed by atoms with van der Waals surface area (Å²) < 4.78 is 0. The van der Waals surface area contributed by atoms with Crippen LogP contribution in [0.1, 0.15) is 10.5 Å². The molecule has 3 aromatic carbocycles. The molecule has 0 saturated carbocycles. The summed E-state index contributed by atoms with van der Waals surface area (Å²) in [6.07, 6.45) is 1.66. The largest absolute Gasteiger partial charge is 0.378 e. The van der Waals surface area contributed by atoms with Gasteiger partial charge in [0.1, 0.15) is 5.82 Å². The Bertz CT molecular complexity index is 1380. The van der Waals surface area contributed by atoms with Crippen LogP contribution in [0.3, 0.4) is 0 Å². The van der Waals surface area contributed by atoms with Crippen molar-refractivity contribution in [2.24, 2.45) is 0 Å². The lowest BCUT2D eigenvalue weighted by molar-refractivity contribution is 0.102. The van der Waals surface area contributed by atoms with Crippen LogP contribution < -0.4 is 10.2 Å². The van der Waals surface area contributed by atoms with Crippen LogP contribution in [0, 0.1) is 0 Å². The van der Waals surface area contributed by atoms with Gasteiger partial charge in [-0.2, -0.15) is 0 Å². The molecule has 32 heavy (non-hydrogen) atoms. The molecular weight excluding hydrogens is 418 g/mol. The minimum Gasteiger partial charge on any atom is -0.378 e. The molecule has 0 aliphatic carbocycles. The zero-order valence-corrected chi connectivity index (χ0v) is 18.5. The maximum atomic E-state index is 13.2. The zero-order chi connectivity index (χ0) is 22.1. The van der Waals surface area contributed by atoms with Gasteiger partial charge in [-0.15, -0.1) is 11.3 Å². The van der Waals surface area contributed by atoms with Gasteiger partial charge in [-0.25, -0.2) is 9.97 Å². The van der Waals surface area contributed by atoms with Gasteiger partial charge < -0.3 is 9.88 Å². The summed E-state index contributed by atoms with van der Waals surface area (Å²) in [7, 11) is 3.99. The number of thiazole rings is 1. The van der Waals surface area contributed by atoms with E-state index in [1.807, 2.05) is 72.9 Å². The minimum absolute atomic E-state index is 0.297. The molecule has 158 valence electrons. The van der Waals surface area contributed by atoms with Gasteiger partial charge in [0.15, 0.2) is 10.8 Å². The van der Waals surface area contributed by atoms with Gasteiger partial charge in [0, 0.05) is 42.5 Å². The number of hydrogen-bond donors (Lipinski definition) is 2. The molecule has 0 bridgehead atoms. The average molecular weight is 440 g/mol. The molecule has 7 heteroatoms. The van der Waals surface area contributed by atoms with Crippen molar-refractivity contribution in [3.63, 3.8) is 0 Å². The summed E-state index contributed by atoms with van der Waals surface area (Å²) in [5.74, 6) is 0.354. The Kier molecular flexibility index (Phi) is 5.17.